The Morgan fingerprint density at radius 2 is 1.92 bits per heavy atom. The van der Waals surface area contributed by atoms with E-state index in [2.05, 4.69) is 41.0 Å². The van der Waals surface area contributed by atoms with Crippen LogP contribution in [0.3, 0.4) is 0 Å². The molecule has 1 fully saturated rings. The highest BCUT2D eigenvalue weighted by Gasteiger charge is 2.21. The van der Waals surface area contributed by atoms with Gasteiger partial charge in [-0.05, 0) is 44.9 Å². The summed E-state index contributed by atoms with van der Waals surface area (Å²) >= 11 is 0. The average Bonchev–Trinajstić information content (AvgIpc) is 2.95. The van der Waals surface area contributed by atoms with E-state index in [0.717, 1.165) is 62.8 Å². The van der Waals surface area contributed by atoms with Crippen LogP contribution < -0.4 is 0 Å². The van der Waals surface area contributed by atoms with Crippen LogP contribution in [0.25, 0.3) is 0 Å². The average molecular weight is 355 g/mol. The molecule has 2 aromatic heterocycles. The van der Waals surface area contributed by atoms with Crippen LogP contribution in [0.4, 0.5) is 0 Å². The minimum absolute atomic E-state index is 0.264. The number of hydrogen-bond donors (Lipinski definition) is 0. The van der Waals surface area contributed by atoms with E-state index in [0.29, 0.717) is 6.42 Å². The van der Waals surface area contributed by atoms with Gasteiger partial charge in [0.1, 0.15) is 0 Å². The summed E-state index contributed by atoms with van der Waals surface area (Å²) in [6.07, 6.45) is 3.29. The first-order valence-corrected chi connectivity index (χ1v) is 9.44. The lowest BCUT2D eigenvalue weighted by molar-refractivity contribution is -0.133. The van der Waals surface area contributed by atoms with Crippen molar-refractivity contribution in [2.75, 3.05) is 26.2 Å². The predicted molar refractivity (Wildman–Crippen MR) is 102 cm³/mol. The summed E-state index contributed by atoms with van der Waals surface area (Å²) in [7, 11) is 0. The lowest BCUT2D eigenvalue weighted by Crippen LogP contribution is -2.48. The van der Waals surface area contributed by atoms with E-state index in [1.807, 2.05) is 28.8 Å². The van der Waals surface area contributed by atoms with Crippen molar-refractivity contribution in [1.29, 1.82) is 0 Å². The molecule has 1 aliphatic heterocycles. The molecule has 1 aliphatic rings. The lowest BCUT2D eigenvalue weighted by Gasteiger charge is -2.34. The van der Waals surface area contributed by atoms with Gasteiger partial charge in [0.05, 0.1) is 11.4 Å². The van der Waals surface area contributed by atoms with Crippen molar-refractivity contribution in [3.8, 4) is 0 Å². The van der Waals surface area contributed by atoms with E-state index in [1.165, 1.54) is 5.56 Å². The molecule has 26 heavy (non-hydrogen) atoms. The Kier molecular flexibility index (Phi) is 6.04. The third-order valence-electron chi connectivity index (χ3n) is 5.08. The maximum Gasteiger partial charge on any atom is 0.222 e. The predicted octanol–water partition coefficient (Wildman–Crippen LogP) is 2.33. The molecule has 0 bridgehead atoms. The molecule has 0 spiro atoms. The molecule has 6 heteroatoms. The van der Waals surface area contributed by atoms with Crippen LogP contribution in [0.1, 0.15) is 35.5 Å². The summed E-state index contributed by atoms with van der Waals surface area (Å²) in [5.41, 5.74) is 4.56. The van der Waals surface area contributed by atoms with Crippen molar-refractivity contribution in [3.05, 3.63) is 47.0 Å². The molecule has 0 N–H and O–H groups in total. The van der Waals surface area contributed by atoms with Crippen molar-refractivity contribution < 1.29 is 4.79 Å². The van der Waals surface area contributed by atoms with Gasteiger partial charge in [-0.25, -0.2) is 0 Å². The molecule has 6 nitrogen and oxygen atoms in total. The molecule has 0 unspecified atom stereocenters. The van der Waals surface area contributed by atoms with Gasteiger partial charge in [-0.3, -0.25) is 19.4 Å². The van der Waals surface area contributed by atoms with Gasteiger partial charge in [-0.2, -0.15) is 5.10 Å². The Bertz CT molecular complexity index is 746. The second kappa shape index (κ2) is 8.45. The third kappa shape index (κ3) is 4.69. The zero-order valence-corrected chi connectivity index (χ0v) is 16.1. The fraction of sp³-hybridized carbons (Fsp3) is 0.550. The fourth-order valence-corrected chi connectivity index (χ4v) is 3.49. The van der Waals surface area contributed by atoms with E-state index in [1.54, 1.807) is 0 Å². The van der Waals surface area contributed by atoms with E-state index in [-0.39, 0.29) is 5.91 Å². The smallest absolute Gasteiger partial charge is 0.222 e. The lowest BCUT2D eigenvalue weighted by atomic mass is 10.2. The first-order valence-electron chi connectivity index (χ1n) is 9.44. The van der Waals surface area contributed by atoms with Crippen molar-refractivity contribution in [2.45, 2.75) is 46.7 Å². The minimum Gasteiger partial charge on any atom is -0.340 e. The molecular weight excluding hydrogens is 326 g/mol. The van der Waals surface area contributed by atoms with Crippen molar-refractivity contribution >= 4 is 5.91 Å². The monoisotopic (exact) mass is 355 g/mol. The molecule has 0 radical (unpaired) electrons. The SMILES string of the molecule is Cc1cc(C)n(CCCC(=O)N2CCN(Cc3ncccc3C)CC2)n1. The summed E-state index contributed by atoms with van der Waals surface area (Å²) in [5, 5.41) is 4.46. The molecule has 3 rings (SSSR count). The summed E-state index contributed by atoms with van der Waals surface area (Å²) in [5.74, 6) is 0.264. The number of amides is 1. The molecule has 1 amide bonds. The van der Waals surface area contributed by atoms with Crippen LogP contribution in [0.2, 0.25) is 0 Å². The molecule has 3 heterocycles. The van der Waals surface area contributed by atoms with Crippen molar-refractivity contribution in [2.24, 2.45) is 0 Å². The zero-order chi connectivity index (χ0) is 18.5. The van der Waals surface area contributed by atoms with Gasteiger partial charge in [-0.1, -0.05) is 6.07 Å². The van der Waals surface area contributed by atoms with Gasteiger partial charge in [0.25, 0.3) is 0 Å². The van der Waals surface area contributed by atoms with Crippen LogP contribution in [-0.4, -0.2) is 56.7 Å². The molecule has 0 saturated carbocycles. The number of carbonyl (C=O) groups is 1. The Morgan fingerprint density at radius 3 is 2.58 bits per heavy atom. The zero-order valence-electron chi connectivity index (χ0n) is 16.1. The first kappa shape index (κ1) is 18.6. The number of hydrogen-bond acceptors (Lipinski definition) is 4. The normalized spacial score (nSPS) is 15.4. The van der Waals surface area contributed by atoms with Gasteiger partial charge in [-0.15, -0.1) is 0 Å². The van der Waals surface area contributed by atoms with Gasteiger partial charge in [0, 0.05) is 57.6 Å². The first-order chi connectivity index (χ1) is 12.5. The quantitative estimate of drug-likeness (QED) is 0.798. The molecule has 140 valence electrons. The standard InChI is InChI=1S/C20H29N5O/c1-16-6-4-8-21-19(16)15-23-10-12-24(13-11-23)20(26)7-5-9-25-18(3)14-17(2)22-25/h4,6,8,14H,5,7,9-13,15H2,1-3H3. The van der Waals surface area contributed by atoms with E-state index in [9.17, 15) is 4.79 Å². The number of pyridine rings is 1. The van der Waals surface area contributed by atoms with Crippen LogP contribution in [0.5, 0.6) is 0 Å². The van der Waals surface area contributed by atoms with E-state index in [4.69, 9.17) is 0 Å². The largest absolute Gasteiger partial charge is 0.340 e. The van der Waals surface area contributed by atoms with Crippen molar-refractivity contribution in [3.63, 3.8) is 0 Å². The summed E-state index contributed by atoms with van der Waals surface area (Å²) in [4.78, 5) is 21.3. The van der Waals surface area contributed by atoms with Crippen LogP contribution >= 0.6 is 0 Å². The maximum absolute atomic E-state index is 12.5. The molecule has 1 saturated heterocycles. The van der Waals surface area contributed by atoms with E-state index < -0.39 is 0 Å². The number of rotatable bonds is 6. The topological polar surface area (TPSA) is 54.3 Å². The second-order valence-corrected chi connectivity index (χ2v) is 7.18. The van der Waals surface area contributed by atoms with Gasteiger partial charge in [0.15, 0.2) is 0 Å². The number of aromatic nitrogens is 3. The van der Waals surface area contributed by atoms with Gasteiger partial charge >= 0.3 is 0 Å². The number of nitrogens with zero attached hydrogens (tertiary/aromatic N) is 5. The molecule has 0 aliphatic carbocycles. The van der Waals surface area contributed by atoms with Gasteiger partial charge in [0.2, 0.25) is 5.91 Å². The number of piperazine rings is 1. The molecule has 0 aromatic carbocycles. The van der Waals surface area contributed by atoms with E-state index >= 15 is 0 Å². The van der Waals surface area contributed by atoms with Crippen LogP contribution in [-0.2, 0) is 17.9 Å². The Hall–Kier alpha value is -2.21. The second-order valence-electron chi connectivity index (χ2n) is 7.18. The fourth-order valence-electron chi connectivity index (χ4n) is 3.49. The Labute approximate surface area is 155 Å². The Morgan fingerprint density at radius 1 is 1.15 bits per heavy atom. The number of carbonyl (C=O) groups excluding carboxylic acids is 1. The van der Waals surface area contributed by atoms with Gasteiger partial charge < -0.3 is 4.90 Å². The summed E-state index contributed by atoms with van der Waals surface area (Å²) in [6, 6.07) is 6.15. The minimum atomic E-state index is 0.264. The summed E-state index contributed by atoms with van der Waals surface area (Å²) in [6.45, 7) is 11.3. The van der Waals surface area contributed by atoms with Crippen LogP contribution in [0, 0.1) is 20.8 Å². The Balaban J connectivity index is 1.40. The highest BCUT2D eigenvalue weighted by Crippen LogP contribution is 2.12. The molecule has 0 atom stereocenters. The highest BCUT2D eigenvalue weighted by molar-refractivity contribution is 5.76. The third-order valence-corrected chi connectivity index (χ3v) is 5.08. The van der Waals surface area contributed by atoms with Crippen molar-refractivity contribution in [1.82, 2.24) is 24.6 Å². The molecular formula is C20H29N5O. The maximum atomic E-state index is 12.5. The number of aryl methyl sites for hydroxylation is 4. The van der Waals surface area contributed by atoms with Crippen LogP contribution in [0.15, 0.2) is 24.4 Å². The summed E-state index contributed by atoms with van der Waals surface area (Å²) < 4.78 is 2.00. The highest BCUT2D eigenvalue weighted by atomic mass is 16.2. The molecule has 2 aromatic rings.